The van der Waals surface area contributed by atoms with Crippen LogP contribution in [0.3, 0.4) is 0 Å². The predicted molar refractivity (Wildman–Crippen MR) is 89.3 cm³/mol. The van der Waals surface area contributed by atoms with E-state index in [1.807, 2.05) is 4.90 Å². The van der Waals surface area contributed by atoms with Crippen LogP contribution in [0.4, 0.5) is 0 Å². The summed E-state index contributed by atoms with van der Waals surface area (Å²) in [5, 5.41) is 11.2. The summed E-state index contributed by atoms with van der Waals surface area (Å²) in [6, 6.07) is 0. The molecule has 3 saturated heterocycles. The molecule has 24 heavy (non-hydrogen) atoms. The molecule has 0 aromatic rings. The zero-order valence-electron chi connectivity index (χ0n) is 14.7. The van der Waals surface area contributed by atoms with Crippen molar-refractivity contribution in [1.29, 1.82) is 0 Å². The van der Waals surface area contributed by atoms with Gasteiger partial charge in [0, 0.05) is 58.2 Å². The number of hydrogen-bond acceptors (Lipinski definition) is 4. The lowest BCUT2D eigenvalue weighted by Gasteiger charge is -2.48. The number of amides is 2. The maximum atomic E-state index is 12.5. The molecule has 6 nitrogen and oxygen atoms in total. The Hall–Kier alpha value is -1.14. The van der Waals surface area contributed by atoms with Gasteiger partial charge in [0.05, 0.1) is 5.60 Å². The van der Waals surface area contributed by atoms with Crippen molar-refractivity contribution in [3.05, 3.63) is 0 Å². The van der Waals surface area contributed by atoms with Gasteiger partial charge in [0.15, 0.2) is 0 Å². The highest BCUT2D eigenvalue weighted by molar-refractivity contribution is 5.80. The van der Waals surface area contributed by atoms with Crippen molar-refractivity contribution < 1.29 is 19.4 Å². The highest BCUT2D eigenvalue weighted by Gasteiger charge is 2.45. The predicted octanol–water partition coefficient (Wildman–Crippen LogP) is 1.02. The molecule has 6 heteroatoms. The van der Waals surface area contributed by atoms with E-state index in [1.165, 1.54) is 0 Å². The number of aliphatic hydroxyl groups is 1. The van der Waals surface area contributed by atoms with Crippen LogP contribution >= 0.6 is 0 Å². The van der Waals surface area contributed by atoms with Gasteiger partial charge in [-0.15, -0.1) is 0 Å². The third-order valence-electron chi connectivity index (χ3n) is 6.18. The molecule has 2 unspecified atom stereocenters. The second kappa shape index (κ2) is 7.40. The van der Waals surface area contributed by atoms with Crippen LogP contribution in [0.1, 0.15) is 45.4 Å². The van der Waals surface area contributed by atoms with Crippen molar-refractivity contribution in [2.75, 3.05) is 39.4 Å². The summed E-state index contributed by atoms with van der Waals surface area (Å²) in [4.78, 5) is 27.8. The van der Waals surface area contributed by atoms with E-state index in [2.05, 4.69) is 6.92 Å². The van der Waals surface area contributed by atoms with Crippen LogP contribution in [-0.2, 0) is 14.3 Å². The number of rotatable bonds is 4. The minimum Gasteiger partial charge on any atom is -0.389 e. The molecule has 0 bridgehead atoms. The molecule has 3 heterocycles. The van der Waals surface area contributed by atoms with E-state index in [4.69, 9.17) is 4.74 Å². The molecule has 3 aliphatic heterocycles. The molecule has 136 valence electrons. The van der Waals surface area contributed by atoms with Crippen molar-refractivity contribution >= 4 is 11.8 Å². The van der Waals surface area contributed by atoms with Crippen molar-refractivity contribution in [2.45, 2.75) is 51.0 Å². The van der Waals surface area contributed by atoms with E-state index in [-0.39, 0.29) is 23.7 Å². The zero-order valence-corrected chi connectivity index (χ0v) is 14.7. The Morgan fingerprint density at radius 1 is 1.33 bits per heavy atom. The number of ether oxygens (including phenoxy) is 1. The molecule has 2 atom stereocenters. The van der Waals surface area contributed by atoms with Crippen LogP contribution in [0, 0.1) is 11.8 Å². The van der Waals surface area contributed by atoms with Gasteiger partial charge in [-0.2, -0.15) is 0 Å². The van der Waals surface area contributed by atoms with Crippen LogP contribution in [0.15, 0.2) is 0 Å². The Bertz CT molecular complexity index is 478. The van der Waals surface area contributed by atoms with Crippen LogP contribution in [0.5, 0.6) is 0 Å². The molecule has 3 aliphatic rings. The fourth-order valence-electron chi connectivity index (χ4n) is 4.50. The lowest BCUT2D eigenvalue weighted by atomic mass is 9.70. The molecule has 0 aromatic carbocycles. The monoisotopic (exact) mass is 338 g/mol. The number of likely N-dealkylation sites (tertiary alicyclic amines) is 2. The molecule has 2 amide bonds. The first-order valence-corrected chi connectivity index (χ1v) is 9.36. The largest absolute Gasteiger partial charge is 0.389 e. The van der Waals surface area contributed by atoms with Gasteiger partial charge in [-0.3, -0.25) is 9.59 Å². The van der Waals surface area contributed by atoms with Gasteiger partial charge in [-0.25, -0.2) is 0 Å². The van der Waals surface area contributed by atoms with Gasteiger partial charge in [0.1, 0.15) is 0 Å². The summed E-state index contributed by atoms with van der Waals surface area (Å²) in [7, 11) is 0. The molecule has 0 saturated carbocycles. The fraction of sp³-hybridized carbons (Fsp3) is 0.889. The number of carbonyl (C=O) groups is 2. The number of nitrogens with zero attached hydrogens (tertiary/aromatic N) is 2. The lowest BCUT2D eigenvalue weighted by molar-refractivity contribution is -0.151. The number of hydrogen-bond donors (Lipinski definition) is 1. The topological polar surface area (TPSA) is 70.1 Å². The maximum absolute atomic E-state index is 12.5. The minimum absolute atomic E-state index is 0.0757. The molecular weight excluding hydrogens is 308 g/mol. The third kappa shape index (κ3) is 3.59. The van der Waals surface area contributed by atoms with Crippen molar-refractivity contribution in [3.63, 3.8) is 0 Å². The lowest BCUT2D eigenvalue weighted by Crippen LogP contribution is -2.57. The molecule has 0 aliphatic carbocycles. The summed E-state index contributed by atoms with van der Waals surface area (Å²) < 4.78 is 5.41. The SMILES string of the molecule is CC1CN(C(=O)CCN2CCCC2=O)CCC1(O)C1CCOCC1. The van der Waals surface area contributed by atoms with Crippen LogP contribution in [0.25, 0.3) is 0 Å². The van der Waals surface area contributed by atoms with E-state index < -0.39 is 5.60 Å². The quantitative estimate of drug-likeness (QED) is 0.831. The summed E-state index contributed by atoms with van der Waals surface area (Å²) in [6.45, 7) is 6.06. The standard InChI is InChI=1S/C18H30N2O4/c1-14-13-20(17(22)4-9-19-8-2-3-16(19)21)10-7-18(14,23)15-5-11-24-12-6-15/h14-15,23H,2-13H2,1H3. The van der Waals surface area contributed by atoms with Crippen molar-refractivity contribution in [1.82, 2.24) is 9.80 Å². The van der Waals surface area contributed by atoms with Gasteiger partial charge in [-0.05, 0) is 31.6 Å². The Morgan fingerprint density at radius 3 is 2.71 bits per heavy atom. The van der Waals surface area contributed by atoms with E-state index in [1.54, 1.807) is 4.90 Å². The van der Waals surface area contributed by atoms with E-state index in [9.17, 15) is 14.7 Å². The van der Waals surface area contributed by atoms with Crippen molar-refractivity contribution in [2.24, 2.45) is 11.8 Å². The first-order chi connectivity index (χ1) is 11.5. The van der Waals surface area contributed by atoms with Crippen LogP contribution in [0.2, 0.25) is 0 Å². The smallest absolute Gasteiger partial charge is 0.224 e. The normalized spacial score (nSPS) is 32.4. The first-order valence-electron chi connectivity index (χ1n) is 9.36. The third-order valence-corrected chi connectivity index (χ3v) is 6.18. The molecule has 0 aromatic heterocycles. The van der Waals surface area contributed by atoms with Crippen LogP contribution < -0.4 is 0 Å². The molecule has 3 fully saturated rings. The summed E-state index contributed by atoms with van der Waals surface area (Å²) in [5.74, 6) is 0.631. The molecular formula is C18H30N2O4. The van der Waals surface area contributed by atoms with Gasteiger partial charge in [0.2, 0.25) is 11.8 Å². The van der Waals surface area contributed by atoms with Gasteiger partial charge in [-0.1, -0.05) is 6.92 Å². The minimum atomic E-state index is -0.675. The first kappa shape index (κ1) is 17.7. The second-order valence-electron chi connectivity index (χ2n) is 7.60. The molecule has 3 rings (SSSR count). The van der Waals surface area contributed by atoms with E-state index >= 15 is 0 Å². The fourth-order valence-corrected chi connectivity index (χ4v) is 4.50. The summed E-state index contributed by atoms with van der Waals surface area (Å²) in [5.41, 5.74) is -0.675. The number of piperidine rings is 1. The Labute approximate surface area is 144 Å². The van der Waals surface area contributed by atoms with E-state index in [0.717, 1.165) is 39.0 Å². The zero-order chi connectivity index (χ0) is 17.2. The second-order valence-corrected chi connectivity index (χ2v) is 7.60. The molecule has 0 spiro atoms. The Balaban J connectivity index is 1.50. The highest BCUT2D eigenvalue weighted by Crippen LogP contribution is 2.39. The number of carbonyl (C=O) groups excluding carboxylic acids is 2. The van der Waals surface area contributed by atoms with E-state index in [0.29, 0.717) is 38.9 Å². The summed E-state index contributed by atoms with van der Waals surface area (Å²) >= 11 is 0. The van der Waals surface area contributed by atoms with Crippen LogP contribution in [-0.4, -0.2) is 71.7 Å². The Morgan fingerprint density at radius 2 is 2.08 bits per heavy atom. The average Bonchev–Trinajstić information content (AvgIpc) is 3.01. The molecule has 0 radical (unpaired) electrons. The maximum Gasteiger partial charge on any atom is 0.224 e. The highest BCUT2D eigenvalue weighted by atomic mass is 16.5. The Kier molecular flexibility index (Phi) is 5.45. The van der Waals surface area contributed by atoms with Gasteiger partial charge < -0.3 is 19.6 Å². The summed E-state index contributed by atoms with van der Waals surface area (Å²) in [6.07, 6.45) is 4.39. The molecule has 1 N–H and O–H groups in total. The van der Waals surface area contributed by atoms with Gasteiger partial charge in [0.25, 0.3) is 0 Å². The van der Waals surface area contributed by atoms with Gasteiger partial charge >= 0.3 is 0 Å². The average molecular weight is 338 g/mol. The van der Waals surface area contributed by atoms with Crippen molar-refractivity contribution in [3.8, 4) is 0 Å².